The second-order valence-corrected chi connectivity index (χ2v) is 10.7. The van der Waals surface area contributed by atoms with Gasteiger partial charge in [0, 0.05) is 18.1 Å². The number of nitrogens with zero attached hydrogens (tertiary/aromatic N) is 6. The van der Waals surface area contributed by atoms with Gasteiger partial charge in [-0.25, -0.2) is 14.3 Å². The van der Waals surface area contributed by atoms with E-state index in [1.54, 1.807) is 11.6 Å². The molecule has 216 valence electrons. The van der Waals surface area contributed by atoms with Crippen molar-refractivity contribution in [1.82, 2.24) is 30.0 Å². The van der Waals surface area contributed by atoms with Crippen LogP contribution in [0, 0.1) is 0 Å². The topological polar surface area (TPSA) is 155 Å². The summed E-state index contributed by atoms with van der Waals surface area (Å²) in [5, 5.41) is 12.1. The molecule has 2 N–H and O–H groups in total. The smallest absolute Gasteiger partial charge is 0.457 e. The molecule has 13 nitrogen and oxygen atoms in total. The Morgan fingerprint density at radius 3 is 2.66 bits per heavy atom. The van der Waals surface area contributed by atoms with Crippen LogP contribution in [0.15, 0.2) is 16.4 Å². The minimum Gasteiger partial charge on any atom is -0.457 e. The lowest BCUT2D eigenvalue weighted by atomic mass is 10.0. The maximum Gasteiger partial charge on any atom is 0.508 e. The second-order valence-electron chi connectivity index (χ2n) is 8.62. The number of ether oxygens (including phenoxy) is 3. The summed E-state index contributed by atoms with van der Waals surface area (Å²) in [4.78, 5) is 40.6. The van der Waals surface area contributed by atoms with Crippen molar-refractivity contribution < 1.29 is 28.6 Å². The van der Waals surface area contributed by atoms with E-state index < -0.39 is 18.2 Å². The molecule has 1 aromatic rings. The molecule has 0 aromatic carbocycles. The summed E-state index contributed by atoms with van der Waals surface area (Å²) in [6, 6.07) is -0.659. The number of β-lactam (4-membered cyclic amide) rings is 1. The van der Waals surface area contributed by atoms with Crippen LogP contribution in [0.5, 0.6) is 0 Å². The van der Waals surface area contributed by atoms with Crippen molar-refractivity contribution in [2.45, 2.75) is 55.9 Å². The molecule has 3 atom stereocenters. The minimum atomic E-state index is -0.812. The van der Waals surface area contributed by atoms with E-state index in [1.165, 1.54) is 28.4 Å². The number of halogens is 2. The number of thioether (sulfide) groups is 2. The van der Waals surface area contributed by atoms with Gasteiger partial charge in [0.15, 0.2) is 0 Å². The van der Waals surface area contributed by atoms with Crippen molar-refractivity contribution in [1.29, 1.82) is 0 Å². The zero-order valence-electron chi connectivity index (χ0n) is 21.7. The highest BCUT2D eigenvalue weighted by molar-refractivity contribution is 8.01. The van der Waals surface area contributed by atoms with E-state index in [4.69, 9.17) is 19.9 Å². The normalized spacial score (nSPS) is 19.1. The number of amides is 1. The molecule has 17 heteroatoms. The molecule has 2 aliphatic rings. The fourth-order valence-corrected chi connectivity index (χ4v) is 5.89. The first-order valence-electron chi connectivity index (χ1n) is 11.7. The molecule has 1 amide bonds. The molecule has 1 aromatic heterocycles. The molecule has 0 bridgehead atoms. The molecule has 38 heavy (non-hydrogen) atoms. The van der Waals surface area contributed by atoms with E-state index >= 15 is 0 Å². The Bertz CT molecular complexity index is 984. The number of tetrazole rings is 1. The number of hydrogen-bond acceptors (Lipinski definition) is 13. The SMILES string of the molecule is CCCC(C)OC(=O)OCCOC(=O)C1=C(CSc2nnnn2CCN(C)C)CS[C@H]2[C@H](N)C(=O)N12.Cl.Cl. The van der Waals surface area contributed by atoms with E-state index in [9.17, 15) is 14.4 Å². The van der Waals surface area contributed by atoms with Crippen molar-refractivity contribution >= 4 is 66.4 Å². The van der Waals surface area contributed by atoms with Crippen LogP contribution in [0.4, 0.5) is 4.79 Å². The van der Waals surface area contributed by atoms with Crippen LogP contribution in [-0.4, -0.2) is 111 Å². The third-order valence-corrected chi connectivity index (χ3v) is 7.85. The number of likely N-dealkylation sites (N-methyl/N-ethyl adjacent to an activating group) is 1. The molecular weight excluding hydrogens is 581 g/mol. The van der Waals surface area contributed by atoms with Gasteiger partial charge in [0.05, 0.1) is 6.54 Å². The van der Waals surface area contributed by atoms with Crippen LogP contribution >= 0.6 is 48.3 Å². The van der Waals surface area contributed by atoms with E-state index in [-0.39, 0.29) is 61.1 Å². The highest BCUT2D eigenvalue weighted by atomic mass is 35.5. The van der Waals surface area contributed by atoms with Crippen molar-refractivity contribution in [3.8, 4) is 0 Å². The summed E-state index contributed by atoms with van der Waals surface area (Å²) < 4.78 is 17.1. The Kier molecular flexibility index (Phi) is 14.7. The first-order chi connectivity index (χ1) is 17.2. The van der Waals surface area contributed by atoms with Gasteiger partial charge in [0.25, 0.3) is 0 Å². The molecule has 3 rings (SSSR count). The molecule has 3 heterocycles. The first-order valence-corrected chi connectivity index (χ1v) is 13.7. The molecule has 0 radical (unpaired) electrons. The van der Waals surface area contributed by atoms with Gasteiger partial charge in [-0.05, 0) is 43.4 Å². The number of nitrogens with two attached hydrogens (primary N) is 1. The third kappa shape index (κ3) is 8.88. The monoisotopic (exact) mass is 615 g/mol. The average molecular weight is 617 g/mol. The zero-order valence-corrected chi connectivity index (χ0v) is 25.0. The van der Waals surface area contributed by atoms with Gasteiger partial charge in [0.2, 0.25) is 11.1 Å². The Labute approximate surface area is 242 Å². The van der Waals surface area contributed by atoms with Crippen LogP contribution in [0.2, 0.25) is 0 Å². The third-order valence-electron chi connectivity index (χ3n) is 5.44. The van der Waals surface area contributed by atoms with Gasteiger partial charge >= 0.3 is 12.1 Å². The Morgan fingerprint density at radius 1 is 1.26 bits per heavy atom. The second kappa shape index (κ2) is 16.4. The van der Waals surface area contributed by atoms with Crippen LogP contribution in [-0.2, 0) is 30.3 Å². The van der Waals surface area contributed by atoms with Crippen molar-refractivity contribution in [3.05, 3.63) is 11.3 Å². The average Bonchev–Trinajstić information content (AvgIpc) is 3.30. The van der Waals surface area contributed by atoms with Crippen LogP contribution in [0.1, 0.15) is 26.7 Å². The van der Waals surface area contributed by atoms with Crippen LogP contribution < -0.4 is 5.73 Å². The molecular formula is C21H35Cl2N7O6S2. The minimum absolute atomic E-state index is 0. The van der Waals surface area contributed by atoms with Gasteiger partial charge in [-0.15, -0.1) is 41.7 Å². The summed E-state index contributed by atoms with van der Waals surface area (Å²) in [6.07, 6.45) is 0.544. The molecule has 1 unspecified atom stereocenters. The predicted molar refractivity (Wildman–Crippen MR) is 147 cm³/mol. The van der Waals surface area contributed by atoms with E-state index in [2.05, 4.69) is 15.5 Å². The number of aromatic nitrogens is 4. The largest absolute Gasteiger partial charge is 0.508 e. The summed E-state index contributed by atoms with van der Waals surface area (Å²) in [7, 11) is 3.93. The van der Waals surface area contributed by atoms with Crippen molar-refractivity contribution in [3.63, 3.8) is 0 Å². The summed E-state index contributed by atoms with van der Waals surface area (Å²) in [6.45, 7) is 4.82. The van der Waals surface area contributed by atoms with Crippen molar-refractivity contribution in [2.24, 2.45) is 5.73 Å². The molecule has 0 spiro atoms. The van der Waals surface area contributed by atoms with Gasteiger partial charge in [-0.1, -0.05) is 25.1 Å². The van der Waals surface area contributed by atoms with E-state index in [1.807, 2.05) is 25.9 Å². The fraction of sp³-hybridized carbons (Fsp3) is 0.714. The number of rotatable bonds is 13. The zero-order chi connectivity index (χ0) is 26.2. The maximum absolute atomic E-state index is 13.0. The first kappa shape index (κ1) is 34.2. The number of esters is 1. The van der Waals surface area contributed by atoms with Gasteiger partial charge in [-0.3, -0.25) is 9.69 Å². The Balaban J connectivity index is 0.00000361. The molecule has 2 aliphatic heterocycles. The highest BCUT2D eigenvalue weighted by Gasteiger charge is 2.52. The summed E-state index contributed by atoms with van der Waals surface area (Å²) >= 11 is 2.88. The molecule has 0 saturated carbocycles. The quantitative estimate of drug-likeness (QED) is 0.148. The Hall–Kier alpha value is -1.78. The Morgan fingerprint density at radius 2 is 1.97 bits per heavy atom. The van der Waals surface area contributed by atoms with Crippen LogP contribution in [0.3, 0.4) is 0 Å². The fourth-order valence-electron chi connectivity index (χ4n) is 3.56. The van der Waals surface area contributed by atoms with Gasteiger partial charge in [-0.2, -0.15) is 0 Å². The predicted octanol–water partition coefficient (Wildman–Crippen LogP) is 1.55. The van der Waals surface area contributed by atoms with E-state index in [0.29, 0.717) is 23.2 Å². The number of carbonyl (C=O) groups is 3. The highest BCUT2D eigenvalue weighted by Crippen LogP contribution is 2.41. The van der Waals surface area contributed by atoms with E-state index in [0.717, 1.165) is 25.0 Å². The summed E-state index contributed by atoms with van der Waals surface area (Å²) in [5.74, 6) is -0.0949. The molecule has 0 aliphatic carbocycles. The lowest BCUT2D eigenvalue weighted by Crippen LogP contribution is -2.68. The van der Waals surface area contributed by atoms with Gasteiger partial charge in [0.1, 0.15) is 36.4 Å². The van der Waals surface area contributed by atoms with Crippen molar-refractivity contribution in [2.75, 3.05) is 45.4 Å². The number of carbonyl (C=O) groups excluding carboxylic acids is 3. The van der Waals surface area contributed by atoms with Crippen LogP contribution in [0.25, 0.3) is 0 Å². The van der Waals surface area contributed by atoms with Gasteiger partial charge < -0.3 is 24.8 Å². The summed E-state index contributed by atoms with van der Waals surface area (Å²) in [5.41, 5.74) is 6.84. The number of fused-ring (bicyclic) bond motifs is 1. The lowest BCUT2D eigenvalue weighted by molar-refractivity contribution is -0.151. The maximum atomic E-state index is 13.0. The molecule has 1 saturated heterocycles. The molecule has 1 fully saturated rings. The standard InChI is InChI=1S/C21H33N7O6S2.2ClH/c1-5-6-13(2)34-21(31)33-10-9-32-19(30)16-14(11-35-18-15(22)17(29)28(16)18)12-36-20-23-24-25-27(20)8-7-26(3)4;;/h13,15,18H,5-12,22H2,1-4H3;2*1H/t13?,15-,18+;;/m1../s1. The lowest BCUT2D eigenvalue weighted by Gasteiger charge is -2.48. The number of hydrogen-bond donors (Lipinski definition) is 1.